The van der Waals surface area contributed by atoms with Gasteiger partial charge < -0.3 is 20.1 Å². The number of ether oxygens (including phenoxy) is 1. The molecule has 1 aromatic carbocycles. The third-order valence-electron chi connectivity index (χ3n) is 4.66. The fourth-order valence-corrected chi connectivity index (χ4v) is 3.84. The second-order valence-corrected chi connectivity index (χ2v) is 7.61. The van der Waals surface area contributed by atoms with E-state index in [4.69, 9.17) is 4.74 Å². The monoisotopic (exact) mass is 334 g/mol. The number of rotatable bonds is 1. The van der Waals surface area contributed by atoms with Crippen molar-refractivity contribution in [1.29, 1.82) is 0 Å². The van der Waals surface area contributed by atoms with E-state index in [1.807, 2.05) is 20.8 Å². The average molecular weight is 334 g/mol. The van der Waals surface area contributed by atoms with E-state index in [0.717, 1.165) is 0 Å². The molecule has 0 amide bonds. The Hall–Kier alpha value is -1.92. The summed E-state index contributed by atoms with van der Waals surface area (Å²) < 4.78 is 5.95. The van der Waals surface area contributed by atoms with Gasteiger partial charge in [-0.2, -0.15) is 0 Å². The number of hydrogen-bond acceptors (Lipinski definition) is 6. The second-order valence-electron chi connectivity index (χ2n) is 7.61. The molecule has 2 aliphatic rings. The molecule has 2 aliphatic carbocycles. The molecule has 0 aromatic heterocycles. The molecule has 6 nitrogen and oxygen atoms in total. The molecule has 0 saturated heterocycles. The molecule has 1 fully saturated rings. The summed E-state index contributed by atoms with van der Waals surface area (Å²) in [5.74, 6) is -3.00. The molecule has 0 heterocycles. The molecule has 0 spiro atoms. The fraction of sp³-hybridized carbons (Fsp3) is 0.556. The number of aliphatic hydroxyl groups excluding tert-OH is 1. The van der Waals surface area contributed by atoms with Gasteiger partial charge in [-0.3, -0.25) is 9.59 Å². The van der Waals surface area contributed by atoms with Crippen LogP contribution < -0.4 is 0 Å². The third-order valence-corrected chi connectivity index (χ3v) is 4.66. The van der Waals surface area contributed by atoms with E-state index in [1.54, 1.807) is 0 Å². The number of Topliss-reactive ketones (excluding diaryl/α,β-unsaturated/α-hetero) is 2. The number of carbonyl (C=O) groups is 2. The SMILES string of the molecule is CC(C)(C)O[C@H]1C[C@@H](O)C[C@H]2C(=O)c3c(O)ccc(O)c3C(=O)[C@H]12. The highest BCUT2D eigenvalue weighted by Crippen LogP contribution is 2.46. The standard InChI is InChI=1S/C18H22O6/c1-18(2,3)24-12-7-8(19)6-9-13(12)17(23)15-11(21)5-4-10(20)14(15)16(9)22/h4-5,8-9,12-13,19-21H,6-7H2,1-3H3/t8-,9+,12-,13-/m0/s1. The number of aromatic hydroxyl groups is 2. The minimum atomic E-state index is -0.764. The molecule has 130 valence electrons. The Labute approximate surface area is 140 Å². The number of ketones is 2. The Balaban J connectivity index is 2.11. The summed E-state index contributed by atoms with van der Waals surface area (Å²) in [5, 5.41) is 30.2. The van der Waals surface area contributed by atoms with Gasteiger partial charge in [0.05, 0.1) is 34.9 Å². The maximum atomic E-state index is 13.0. The van der Waals surface area contributed by atoms with E-state index in [1.165, 1.54) is 12.1 Å². The number of phenols is 2. The minimum absolute atomic E-state index is 0.139. The minimum Gasteiger partial charge on any atom is -0.507 e. The van der Waals surface area contributed by atoms with E-state index in [-0.39, 0.29) is 35.5 Å². The zero-order valence-corrected chi connectivity index (χ0v) is 13.9. The fourth-order valence-electron chi connectivity index (χ4n) is 3.84. The first-order valence-corrected chi connectivity index (χ1v) is 8.09. The zero-order valence-electron chi connectivity index (χ0n) is 13.9. The van der Waals surface area contributed by atoms with Crippen LogP contribution >= 0.6 is 0 Å². The first-order valence-electron chi connectivity index (χ1n) is 8.09. The third kappa shape index (κ3) is 2.70. The number of hydrogen-bond donors (Lipinski definition) is 3. The van der Waals surface area contributed by atoms with Gasteiger partial charge in [0.15, 0.2) is 11.6 Å². The van der Waals surface area contributed by atoms with Crippen LogP contribution in [-0.2, 0) is 4.74 Å². The molecule has 24 heavy (non-hydrogen) atoms. The molecule has 1 aromatic rings. The highest BCUT2D eigenvalue weighted by atomic mass is 16.5. The van der Waals surface area contributed by atoms with Crippen LogP contribution in [0, 0.1) is 11.8 Å². The van der Waals surface area contributed by atoms with Gasteiger partial charge in [-0.05, 0) is 39.3 Å². The van der Waals surface area contributed by atoms with Crippen molar-refractivity contribution >= 4 is 11.6 Å². The molecule has 0 radical (unpaired) electrons. The summed E-state index contributed by atoms with van der Waals surface area (Å²) in [6.07, 6.45) is -0.971. The Kier molecular flexibility index (Phi) is 3.92. The average Bonchev–Trinajstić information content (AvgIpc) is 2.44. The molecular weight excluding hydrogens is 312 g/mol. The van der Waals surface area contributed by atoms with Crippen molar-refractivity contribution in [2.45, 2.75) is 51.4 Å². The molecule has 0 aliphatic heterocycles. The Morgan fingerprint density at radius 1 is 1.00 bits per heavy atom. The number of phenolic OH excluding ortho intramolecular Hbond substituents is 2. The van der Waals surface area contributed by atoms with Gasteiger partial charge >= 0.3 is 0 Å². The van der Waals surface area contributed by atoms with Crippen LogP contribution in [0.15, 0.2) is 12.1 Å². The van der Waals surface area contributed by atoms with Crippen LogP contribution in [0.25, 0.3) is 0 Å². The van der Waals surface area contributed by atoms with Gasteiger partial charge in [0.25, 0.3) is 0 Å². The first-order chi connectivity index (χ1) is 11.1. The van der Waals surface area contributed by atoms with E-state index in [0.29, 0.717) is 0 Å². The summed E-state index contributed by atoms with van der Waals surface area (Å²) in [4.78, 5) is 25.8. The van der Waals surface area contributed by atoms with Crippen molar-refractivity contribution < 1.29 is 29.6 Å². The molecule has 0 bridgehead atoms. The lowest BCUT2D eigenvalue weighted by Gasteiger charge is -2.43. The highest BCUT2D eigenvalue weighted by molar-refractivity contribution is 6.19. The second kappa shape index (κ2) is 5.57. The lowest BCUT2D eigenvalue weighted by Crippen LogP contribution is -2.51. The molecule has 1 saturated carbocycles. The molecular formula is C18H22O6. The lowest BCUT2D eigenvalue weighted by molar-refractivity contribution is -0.118. The number of aliphatic hydroxyl groups is 1. The van der Waals surface area contributed by atoms with E-state index < -0.39 is 41.2 Å². The Bertz CT molecular complexity index is 702. The Morgan fingerprint density at radius 3 is 2.08 bits per heavy atom. The summed E-state index contributed by atoms with van der Waals surface area (Å²) in [5.41, 5.74) is -0.832. The maximum absolute atomic E-state index is 13.0. The topological polar surface area (TPSA) is 104 Å². The molecule has 0 unspecified atom stereocenters. The van der Waals surface area contributed by atoms with Crippen LogP contribution in [0.3, 0.4) is 0 Å². The summed E-state index contributed by atoms with van der Waals surface area (Å²) in [6, 6.07) is 2.40. The van der Waals surface area contributed by atoms with Gasteiger partial charge in [0.2, 0.25) is 0 Å². The van der Waals surface area contributed by atoms with Gasteiger partial charge in [0, 0.05) is 12.3 Å². The van der Waals surface area contributed by atoms with Crippen LogP contribution in [0.5, 0.6) is 11.5 Å². The zero-order chi connectivity index (χ0) is 17.8. The smallest absolute Gasteiger partial charge is 0.173 e. The summed E-state index contributed by atoms with van der Waals surface area (Å²) in [7, 11) is 0. The van der Waals surface area contributed by atoms with Crippen molar-refractivity contribution in [3.05, 3.63) is 23.3 Å². The van der Waals surface area contributed by atoms with Crippen molar-refractivity contribution in [2.75, 3.05) is 0 Å². The van der Waals surface area contributed by atoms with Gasteiger partial charge in [-0.15, -0.1) is 0 Å². The largest absolute Gasteiger partial charge is 0.507 e. The van der Waals surface area contributed by atoms with Crippen LogP contribution in [0.2, 0.25) is 0 Å². The number of benzene rings is 1. The van der Waals surface area contributed by atoms with Crippen molar-refractivity contribution in [3.8, 4) is 11.5 Å². The number of fused-ring (bicyclic) bond motifs is 2. The molecule has 3 N–H and O–H groups in total. The first kappa shape index (κ1) is 16.9. The highest BCUT2D eigenvalue weighted by Gasteiger charge is 2.52. The van der Waals surface area contributed by atoms with E-state index in [9.17, 15) is 24.9 Å². The lowest BCUT2D eigenvalue weighted by atomic mass is 9.65. The van der Waals surface area contributed by atoms with Crippen LogP contribution in [0.1, 0.15) is 54.3 Å². The molecule has 3 rings (SSSR count). The normalized spacial score (nSPS) is 30.0. The Morgan fingerprint density at radius 2 is 1.54 bits per heavy atom. The predicted octanol–water partition coefficient (Wildman–Crippen LogP) is 2.05. The summed E-state index contributed by atoms with van der Waals surface area (Å²) in [6.45, 7) is 5.53. The van der Waals surface area contributed by atoms with E-state index >= 15 is 0 Å². The van der Waals surface area contributed by atoms with Gasteiger partial charge in [-0.1, -0.05) is 0 Å². The predicted molar refractivity (Wildman–Crippen MR) is 85.3 cm³/mol. The van der Waals surface area contributed by atoms with Crippen molar-refractivity contribution in [1.82, 2.24) is 0 Å². The quantitative estimate of drug-likeness (QED) is 0.679. The summed E-state index contributed by atoms with van der Waals surface area (Å²) >= 11 is 0. The van der Waals surface area contributed by atoms with Crippen molar-refractivity contribution in [3.63, 3.8) is 0 Å². The van der Waals surface area contributed by atoms with Crippen LogP contribution in [-0.4, -0.2) is 44.7 Å². The van der Waals surface area contributed by atoms with Crippen molar-refractivity contribution in [2.24, 2.45) is 11.8 Å². The van der Waals surface area contributed by atoms with Gasteiger partial charge in [0.1, 0.15) is 11.5 Å². The molecule has 6 heteroatoms. The van der Waals surface area contributed by atoms with Gasteiger partial charge in [-0.25, -0.2) is 0 Å². The maximum Gasteiger partial charge on any atom is 0.173 e. The van der Waals surface area contributed by atoms with E-state index in [2.05, 4.69) is 0 Å². The number of carbonyl (C=O) groups excluding carboxylic acids is 2. The molecule has 4 atom stereocenters. The van der Waals surface area contributed by atoms with Crippen LogP contribution in [0.4, 0.5) is 0 Å².